The molecule has 2 aliphatic rings. The van der Waals surface area contributed by atoms with Crippen LogP contribution in [-0.4, -0.2) is 18.2 Å². The number of hydrogen-bond acceptors (Lipinski definition) is 2. The Labute approximate surface area is 96.7 Å². The summed E-state index contributed by atoms with van der Waals surface area (Å²) in [6, 6.07) is 7.85. The van der Waals surface area contributed by atoms with Crippen LogP contribution in [0.3, 0.4) is 0 Å². The first-order valence-corrected chi connectivity index (χ1v) is 6.34. The molecule has 2 nitrogen and oxygen atoms in total. The van der Waals surface area contributed by atoms with Crippen LogP contribution in [0.5, 0.6) is 5.75 Å². The maximum atomic E-state index is 9.57. The zero-order valence-electron chi connectivity index (χ0n) is 9.52. The molecule has 86 valence electrons. The Morgan fingerprint density at radius 1 is 1.19 bits per heavy atom. The highest BCUT2D eigenvalue weighted by Gasteiger charge is 2.37. The molecule has 2 N–H and O–H groups in total. The lowest BCUT2D eigenvalue weighted by molar-refractivity contribution is 0.258. The third-order valence-corrected chi connectivity index (χ3v) is 4.30. The minimum atomic E-state index is 0.408. The Morgan fingerprint density at radius 2 is 2.12 bits per heavy atom. The van der Waals surface area contributed by atoms with E-state index in [4.69, 9.17) is 0 Å². The van der Waals surface area contributed by atoms with E-state index in [1.54, 1.807) is 6.07 Å². The molecule has 16 heavy (non-hydrogen) atoms. The van der Waals surface area contributed by atoms with Crippen LogP contribution in [0.2, 0.25) is 0 Å². The monoisotopic (exact) mass is 217 g/mol. The van der Waals surface area contributed by atoms with Gasteiger partial charge < -0.3 is 10.4 Å². The minimum Gasteiger partial charge on any atom is -0.508 e. The van der Waals surface area contributed by atoms with E-state index in [1.165, 1.54) is 31.4 Å². The second-order valence-electron chi connectivity index (χ2n) is 5.21. The molecule has 0 aromatic heterocycles. The fraction of sp³-hybridized carbons (Fsp3) is 0.571. The summed E-state index contributed by atoms with van der Waals surface area (Å²) in [6.07, 6.45) is 4.00. The second-order valence-corrected chi connectivity index (χ2v) is 5.21. The van der Waals surface area contributed by atoms with E-state index >= 15 is 0 Å². The number of phenols is 1. The van der Waals surface area contributed by atoms with Gasteiger partial charge in [0, 0.05) is 0 Å². The van der Waals surface area contributed by atoms with Crippen LogP contribution in [0.25, 0.3) is 0 Å². The molecular weight excluding hydrogens is 198 g/mol. The van der Waals surface area contributed by atoms with Gasteiger partial charge in [-0.15, -0.1) is 0 Å². The molecule has 0 spiro atoms. The molecule has 3 atom stereocenters. The van der Waals surface area contributed by atoms with Gasteiger partial charge in [0.05, 0.1) is 0 Å². The zero-order chi connectivity index (χ0) is 11.0. The van der Waals surface area contributed by atoms with Gasteiger partial charge in [0.2, 0.25) is 0 Å². The predicted octanol–water partition coefficient (Wildman–Crippen LogP) is 2.50. The van der Waals surface area contributed by atoms with Crippen molar-refractivity contribution in [2.24, 2.45) is 11.8 Å². The first-order valence-electron chi connectivity index (χ1n) is 6.34. The topological polar surface area (TPSA) is 32.3 Å². The zero-order valence-corrected chi connectivity index (χ0v) is 9.52. The second kappa shape index (κ2) is 4.10. The van der Waals surface area contributed by atoms with Gasteiger partial charge in [-0.1, -0.05) is 18.6 Å². The molecule has 1 heterocycles. The van der Waals surface area contributed by atoms with Crippen molar-refractivity contribution >= 4 is 0 Å². The van der Waals surface area contributed by atoms with E-state index in [0.29, 0.717) is 11.7 Å². The summed E-state index contributed by atoms with van der Waals surface area (Å²) in [5, 5.41) is 13.1. The molecule has 0 amide bonds. The number of fused-ring (bicyclic) bond motifs is 1. The molecule has 0 radical (unpaired) electrons. The van der Waals surface area contributed by atoms with E-state index in [9.17, 15) is 5.11 Å². The quantitative estimate of drug-likeness (QED) is 0.757. The molecule has 1 aromatic carbocycles. The van der Waals surface area contributed by atoms with Crippen LogP contribution in [-0.2, 0) is 0 Å². The minimum absolute atomic E-state index is 0.408. The molecular formula is C14H19NO. The Hall–Kier alpha value is -1.02. The summed E-state index contributed by atoms with van der Waals surface area (Å²) in [7, 11) is 0. The van der Waals surface area contributed by atoms with Crippen LogP contribution < -0.4 is 5.32 Å². The van der Waals surface area contributed by atoms with Crippen molar-refractivity contribution in [3.63, 3.8) is 0 Å². The van der Waals surface area contributed by atoms with Crippen LogP contribution in [0.15, 0.2) is 24.3 Å². The molecule has 2 heteroatoms. The molecule has 3 rings (SSSR count). The Kier molecular flexibility index (Phi) is 2.60. The number of phenolic OH excluding ortho intramolecular Hbond substituents is 1. The van der Waals surface area contributed by atoms with Crippen molar-refractivity contribution in [1.29, 1.82) is 0 Å². The summed E-state index contributed by atoms with van der Waals surface area (Å²) in [5.41, 5.74) is 1.33. The Balaban J connectivity index is 1.88. The summed E-state index contributed by atoms with van der Waals surface area (Å²) in [4.78, 5) is 0. The number of rotatable bonds is 1. The average Bonchev–Trinajstić information content (AvgIpc) is 2.76. The standard InChI is InChI=1S/C14H19NO/c16-12-5-1-3-10(7-12)13-6-2-4-11-8-15-9-14(11)13/h1,3,5,7,11,13-16H,2,4,6,8-9H2. The van der Waals surface area contributed by atoms with Crippen LogP contribution in [0.4, 0.5) is 0 Å². The van der Waals surface area contributed by atoms with E-state index in [1.807, 2.05) is 12.1 Å². The molecule has 1 aliphatic carbocycles. The summed E-state index contributed by atoms with van der Waals surface area (Å²) in [5.74, 6) is 2.71. The van der Waals surface area contributed by atoms with E-state index < -0.39 is 0 Å². The fourth-order valence-corrected chi connectivity index (χ4v) is 3.52. The number of aromatic hydroxyl groups is 1. The van der Waals surface area contributed by atoms with Crippen molar-refractivity contribution in [3.8, 4) is 5.75 Å². The van der Waals surface area contributed by atoms with E-state index in [2.05, 4.69) is 11.4 Å². The number of hydrogen-bond donors (Lipinski definition) is 2. The lowest BCUT2D eigenvalue weighted by atomic mass is 9.71. The first-order chi connectivity index (χ1) is 7.84. The van der Waals surface area contributed by atoms with Crippen molar-refractivity contribution in [2.75, 3.05) is 13.1 Å². The van der Waals surface area contributed by atoms with Crippen molar-refractivity contribution in [1.82, 2.24) is 5.32 Å². The highest BCUT2D eigenvalue weighted by Crippen LogP contribution is 2.43. The highest BCUT2D eigenvalue weighted by atomic mass is 16.3. The number of benzene rings is 1. The molecule has 3 unspecified atom stereocenters. The normalized spacial score (nSPS) is 33.6. The van der Waals surface area contributed by atoms with Gasteiger partial charge in [0.15, 0.2) is 0 Å². The van der Waals surface area contributed by atoms with Gasteiger partial charge >= 0.3 is 0 Å². The van der Waals surface area contributed by atoms with Gasteiger partial charge in [-0.25, -0.2) is 0 Å². The van der Waals surface area contributed by atoms with E-state index in [-0.39, 0.29) is 0 Å². The van der Waals surface area contributed by atoms with Gasteiger partial charge in [0.25, 0.3) is 0 Å². The molecule has 1 aliphatic heterocycles. The van der Waals surface area contributed by atoms with Crippen molar-refractivity contribution in [3.05, 3.63) is 29.8 Å². The predicted molar refractivity (Wildman–Crippen MR) is 64.5 cm³/mol. The van der Waals surface area contributed by atoms with Crippen molar-refractivity contribution < 1.29 is 5.11 Å². The van der Waals surface area contributed by atoms with Gasteiger partial charge in [0.1, 0.15) is 5.75 Å². The molecule has 1 saturated heterocycles. The Bertz CT molecular complexity index is 377. The van der Waals surface area contributed by atoms with Gasteiger partial charge in [-0.05, 0) is 61.4 Å². The maximum absolute atomic E-state index is 9.57. The average molecular weight is 217 g/mol. The van der Waals surface area contributed by atoms with Crippen LogP contribution in [0, 0.1) is 11.8 Å². The molecule has 1 saturated carbocycles. The lowest BCUT2D eigenvalue weighted by Gasteiger charge is -2.33. The summed E-state index contributed by atoms with van der Waals surface area (Å²) >= 11 is 0. The van der Waals surface area contributed by atoms with Gasteiger partial charge in [-0.3, -0.25) is 0 Å². The van der Waals surface area contributed by atoms with E-state index in [0.717, 1.165) is 18.4 Å². The molecule has 1 aromatic rings. The SMILES string of the molecule is Oc1cccc(C2CCCC3CNCC32)c1. The van der Waals surface area contributed by atoms with Gasteiger partial charge in [-0.2, -0.15) is 0 Å². The number of nitrogens with one attached hydrogen (secondary N) is 1. The smallest absolute Gasteiger partial charge is 0.115 e. The third kappa shape index (κ3) is 1.71. The van der Waals surface area contributed by atoms with Crippen LogP contribution >= 0.6 is 0 Å². The Morgan fingerprint density at radius 3 is 3.00 bits per heavy atom. The molecule has 2 fully saturated rings. The van der Waals surface area contributed by atoms with Crippen molar-refractivity contribution in [2.45, 2.75) is 25.2 Å². The largest absolute Gasteiger partial charge is 0.508 e. The summed E-state index contributed by atoms with van der Waals surface area (Å²) in [6.45, 7) is 2.35. The molecule has 0 bridgehead atoms. The van der Waals surface area contributed by atoms with Crippen LogP contribution in [0.1, 0.15) is 30.7 Å². The lowest BCUT2D eigenvalue weighted by Crippen LogP contribution is -2.25. The third-order valence-electron chi connectivity index (χ3n) is 4.30. The maximum Gasteiger partial charge on any atom is 0.115 e. The first kappa shape index (κ1) is 10.2. The highest BCUT2D eigenvalue weighted by molar-refractivity contribution is 5.30. The summed E-state index contributed by atoms with van der Waals surface area (Å²) < 4.78 is 0. The fourth-order valence-electron chi connectivity index (χ4n) is 3.52.